The van der Waals surface area contributed by atoms with Crippen LogP contribution in [0.25, 0.3) is 0 Å². The van der Waals surface area contributed by atoms with E-state index in [2.05, 4.69) is 20.3 Å². The Bertz CT molecular complexity index is 670. The molecule has 0 bridgehead atoms. The Hall–Kier alpha value is -2.54. The second-order valence-corrected chi connectivity index (χ2v) is 4.22. The zero-order valence-corrected chi connectivity index (χ0v) is 11.0. The minimum Gasteiger partial charge on any atom is -0.476 e. The molecular weight excluding hydrogens is 284 g/mol. The number of aryl methyl sites for hydroxylation is 1. The van der Waals surface area contributed by atoms with Crippen molar-refractivity contribution < 1.29 is 14.7 Å². The Morgan fingerprint density at radius 3 is 2.60 bits per heavy atom. The molecule has 2 aromatic rings. The highest BCUT2D eigenvalue weighted by Crippen LogP contribution is 2.14. The van der Waals surface area contributed by atoms with Crippen molar-refractivity contribution in [3.8, 4) is 0 Å². The van der Waals surface area contributed by atoms with Crippen molar-refractivity contribution in [2.24, 2.45) is 0 Å². The summed E-state index contributed by atoms with van der Waals surface area (Å²) in [5.74, 6) is -1.95. The van der Waals surface area contributed by atoms with Gasteiger partial charge in [0, 0.05) is 23.7 Å². The molecule has 0 radical (unpaired) electrons. The van der Waals surface area contributed by atoms with Gasteiger partial charge in [-0.3, -0.25) is 4.79 Å². The van der Waals surface area contributed by atoms with E-state index in [1.807, 2.05) is 0 Å². The third-order valence-electron chi connectivity index (χ3n) is 2.32. The lowest BCUT2D eigenvalue weighted by molar-refractivity contribution is 0.0691. The predicted molar refractivity (Wildman–Crippen MR) is 70.9 cm³/mol. The second kappa shape index (κ2) is 5.62. The summed E-state index contributed by atoms with van der Waals surface area (Å²) in [4.78, 5) is 34.4. The van der Waals surface area contributed by atoms with Crippen LogP contribution in [0.5, 0.6) is 0 Å². The Kier molecular flexibility index (Phi) is 3.90. The number of hydrogen-bond acceptors (Lipinski definition) is 5. The van der Waals surface area contributed by atoms with Gasteiger partial charge in [-0.25, -0.2) is 19.7 Å². The van der Waals surface area contributed by atoms with Gasteiger partial charge in [0.25, 0.3) is 5.91 Å². The Balaban J connectivity index is 2.30. The summed E-state index contributed by atoms with van der Waals surface area (Å²) in [6.45, 7) is 1.69. The number of amides is 1. The van der Waals surface area contributed by atoms with Crippen LogP contribution in [0.3, 0.4) is 0 Å². The zero-order chi connectivity index (χ0) is 14.7. The van der Waals surface area contributed by atoms with Crippen LogP contribution >= 0.6 is 11.6 Å². The number of pyridine rings is 1. The standard InChI is InChI=1S/C12H9ClN4O3/c1-6-4-7(5-8(13)16-6)11(18)17-10-9(12(19)20)14-2-3-15-10/h2-5H,1H3,(H,19,20)(H,15,17,18). The SMILES string of the molecule is Cc1cc(C(=O)Nc2nccnc2C(=O)O)cc(Cl)n1. The van der Waals surface area contributed by atoms with Gasteiger partial charge in [0.1, 0.15) is 5.15 Å². The molecule has 0 aliphatic rings. The molecule has 0 aliphatic carbocycles. The van der Waals surface area contributed by atoms with Gasteiger partial charge < -0.3 is 10.4 Å². The lowest BCUT2D eigenvalue weighted by atomic mass is 10.2. The van der Waals surface area contributed by atoms with E-state index in [1.165, 1.54) is 24.5 Å². The van der Waals surface area contributed by atoms with E-state index in [0.29, 0.717) is 5.69 Å². The third kappa shape index (κ3) is 3.07. The summed E-state index contributed by atoms with van der Waals surface area (Å²) in [6.07, 6.45) is 2.51. The molecule has 0 saturated heterocycles. The average Bonchev–Trinajstić information content (AvgIpc) is 2.37. The maximum absolute atomic E-state index is 12.0. The number of carbonyl (C=O) groups is 2. The minimum absolute atomic E-state index is 0.129. The smallest absolute Gasteiger partial charge is 0.358 e. The van der Waals surface area contributed by atoms with E-state index >= 15 is 0 Å². The van der Waals surface area contributed by atoms with Crippen LogP contribution in [-0.4, -0.2) is 31.9 Å². The van der Waals surface area contributed by atoms with Gasteiger partial charge in [-0.2, -0.15) is 0 Å². The molecule has 7 nitrogen and oxygen atoms in total. The number of hydrogen-bond donors (Lipinski definition) is 2. The van der Waals surface area contributed by atoms with Gasteiger partial charge >= 0.3 is 5.97 Å². The molecule has 0 unspecified atom stereocenters. The quantitative estimate of drug-likeness (QED) is 0.836. The maximum atomic E-state index is 12.0. The molecule has 0 atom stereocenters. The molecule has 2 rings (SSSR count). The second-order valence-electron chi connectivity index (χ2n) is 3.83. The van der Waals surface area contributed by atoms with Crippen molar-refractivity contribution in [1.29, 1.82) is 0 Å². The number of halogens is 1. The molecule has 0 aromatic carbocycles. The summed E-state index contributed by atoms with van der Waals surface area (Å²) in [7, 11) is 0. The number of aromatic carboxylic acids is 1. The van der Waals surface area contributed by atoms with E-state index in [4.69, 9.17) is 16.7 Å². The number of nitrogens with one attached hydrogen (secondary N) is 1. The minimum atomic E-state index is -1.28. The number of carbonyl (C=O) groups excluding carboxylic acids is 1. The van der Waals surface area contributed by atoms with Crippen molar-refractivity contribution in [2.45, 2.75) is 6.92 Å². The van der Waals surface area contributed by atoms with Crippen LogP contribution in [0.15, 0.2) is 24.5 Å². The van der Waals surface area contributed by atoms with Gasteiger partial charge in [-0.15, -0.1) is 0 Å². The van der Waals surface area contributed by atoms with E-state index < -0.39 is 11.9 Å². The Labute approximate surface area is 118 Å². The highest BCUT2D eigenvalue weighted by Gasteiger charge is 2.16. The summed E-state index contributed by atoms with van der Waals surface area (Å²) in [5, 5.41) is 11.5. The molecule has 1 amide bonds. The fourth-order valence-electron chi connectivity index (χ4n) is 1.52. The molecule has 2 aromatic heterocycles. The van der Waals surface area contributed by atoms with Crippen molar-refractivity contribution in [2.75, 3.05) is 5.32 Å². The molecule has 8 heteroatoms. The van der Waals surface area contributed by atoms with Crippen LogP contribution in [-0.2, 0) is 0 Å². The van der Waals surface area contributed by atoms with Gasteiger partial charge in [0.15, 0.2) is 11.5 Å². The van der Waals surface area contributed by atoms with Gasteiger partial charge in [-0.1, -0.05) is 11.6 Å². The molecule has 0 aliphatic heterocycles. The number of carboxylic acid groups (broad SMARTS) is 1. The number of aromatic nitrogens is 3. The van der Waals surface area contributed by atoms with Crippen molar-refractivity contribution in [1.82, 2.24) is 15.0 Å². The van der Waals surface area contributed by atoms with Gasteiger partial charge in [0.05, 0.1) is 0 Å². The molecule has 2 heterocycles. The van der Waals surface area contributed by atoms with Crippen LogP contribution in [0.2, 0.25) is 5.15 Å². The van der Waals surface area contributed by atoms with Crippen LogP contribution < -0.4 is 5.32 Å². The van der Waals surface area contributed by atoms with E-state index in [-0.39, 0.29) is 22.2 Å². The number of rotatable bonds is 3. The highest BCUT2D eigenvalue weighted by atomic mass is 35.5. The molecule has 0 fully saturated rings. The van der Waals surface area contributed by atoms with E-state index in [9.17, 15) is 9.59 Å². The van der Waals surface area contributed by atoms with E-state index in [0.717, 1.165) is 0 Å². The Morgan fingerprint density at radius 2 is 1.95 bits per heavy atom. The van der Waals surface area contributed by atoms with Gasteiger partial charge in [0.2, 0.25) is 0 Å². The number of nitrogens with zero attached hydrogens (tertiary/aromatic N) is 3. The molecule has 0 spiro atoms. The third-order valence-corrected chi connectivity index (χ3v) is 2.51. The maximum Gasteiger partial charge on any atom is 0.358 e. The summed E-state index contributed by atoms with van der Waals surface area (Å²) in [5.41, 5.74) is 0.488. The lowest BCUT2D eigenvalue weighted by Crippen LogP contribution is -2.17. The van der Waals surface area contributed by atoms with Crippen LogP contribution in [0, 0.1) is 6.92 Å². The fourth-order valence-corrected chi connectivity index (χ4v) is 1.78. The van der Waals surface area contributed by atoms with Crippen LogP contribution in [0.4, 0.5) is 5.82 Å². The van der Waals surface area contributed by atoms with Crippen molar-refractivity contribution >= 4 is 29.3 Å². The van der Waals surface area contributed by atoms with E-state index in [1.54, 1.807) is 6.92 Å². The van der Waals surface area contributed by atoms with Crippen molar-refractivity contribution in [3.05, 3.63) is 46.6 Å². The first kappa shape index (κ1) is 13.9. The zero-order valence-electron chi connectivity index (χ0n) is 10.3. The number of anilines is 1. The summed E-state index contributed by atoms with van der Waals surface area (Å²) < 4.78 is 0. The molecule has 0 saturated carbocycles. The lowest BCUT2D eigenvalue weighted by Gasteiger charge is -2.07. The predicted octanol–water partition coefficient (Wildman–Crippen LogP) is 1.78. The first-order valence-corrected chi connectivity index (χ1v) is 5.85. The summed E-state index contributed by atoms with van der Waals surface area (Å²) in [6, 6.07) is 2.90. The molecule has 102 valence electrons. The summed E-state index contributed by atoms with van der Waals surface area (Å²) >= 11 is 5.77. The van der Waals surface area contributed by atoms with Crippen LogP contribution in [0.1, 0.15) is 26.5 Å². The average molecular weight is 293 g/mol. The fraction of sp³-hybridized carbons (Fsp3) is 0.0833. The highest BCUT2D eigenvalue weighted by molar-refractivity contribution is 6.29. The molecular formula is C12H9ClN4O3. The first-order valence-electron chi connectivity index (χ1n) is 5.47. The molecule has 20 heavy (non-hydrogen) atoms. The molecule has 2 N–H and O–H groups in total. The first-order chi connectivity index (χ1) is 9.47. The number of carboxylic acids is 1. The topological polar surface area (TPSA) is 105 Å². The van der Waals surface area contributed by atoms with Gasteiger partial charge in [-0.05, 0) is 19.1 Å². The normalized spacial score (nSPS) is 10.1. The Morgan fingerprint density at radius 1 is 1.25 bits per heavy atom. The van der Waals surface area contributed by atoms with Crippen molar-refractivity contribution in [3.63, 3.8) is 0 Å². The monoisotopic (exact) mass is 292 g/mol. The largest absolute Gasteiger partial charge is 0.476 e.